The van der Waals surface area contributed by atoms with Crippen LogP contribution < -0.4 is 10.2 Å². The van der Waals surface area contributed by atoms with Gasteiger partial charge in [-0.2, -0.15) is 4.98 Å². The van der Waals surface area contributed by atoms with Crippen LogP contribution in [0.3, 0.4) is 0 Å². The summed E-state index contributed by atoms with van der Waals surface area (Å²) in [5, 5.41) is 3.37. The van der Waals surface area contributed by atoms with E-state index in [9.17, 15) is 0 Å². The Morgan fingerprint density at radius 2 is 2.25 bits per heavy atom. The van der Waals surface area contributed by atoms with Crippen LogP contribution in [0, 0.1) is 0 Å². The summed E-state index contributed by atoms with van der Waals surface area (Å²) in [7, 11) is 2.09. The maximum atomic E-state index is 5.87. The van der Waals surface area contributed by atoms with Gasteiger partial charge in [0, 0.05) is 26.1 Å². The summed E-state index contributed by atoms with van der Waals surface area (Å²) >= 11 is 0. The fourth-order valence-corrected chi connectivity index (χ4v) is 2.62. The lowest BCUT2D eigenvalue weighted by Crippen LogP contribution is -2.33. The van der Waals surface area contributed by atoms with E-state index in [4.69, 9.17) is 4.42 Å². The minimum Gasteiger partial charge on any atom is -0.428 e. The third kappa shape index (κ3) is 1.71. The van der Waals surface area contributed by atoms with Crippen LogP contribution in [0.2, 0.25) is 0 Å². The minimum atomic E-state index is 0.542. The van der Waals surface area contributed by atoms with Gasteiger partial charge in [-0.3, -0.25) is 0 Å². The lowest BCUT2D eigenvalue weighted by molar-refractivity contribution is 0.463. The summed E-state index contributed by atoms with van der Waals surface area (Å²) in [5.74, 6) is 1.12. The van der Waals surface area contributed by atoms with E-state index < -0.39 is 0 Å². The summed E-state index contributed by atoms with van der Waals surface area (Å²) in [6.45, 7) is 2.15. The summed E-state index contributed by atoms with van der Waals surface area (Å²) in [6, 6.07) is 1.36. The van der Waals surface area contributed by atoms with Gasteiger partial charge in [0.15, 0.2) is 0 Å². The molecule has 1 fully saturated rings. The van der Waals surface area contributed by atoms with E-state index in [0.717, 1.165) is 37.7 Å². The number of nitrogens with one attached hydrogen (secondary N) is 1. The minimum absolute atomic E-state index is 0.542. The molecule has 1 saturated heterocycles. The zero-order valence-corrected chi connectivity index (χ0v) is 9.83. The molecule has 3 rings (SSSR count). The van der Waals surface area contributed by atoms with Crippen LogP contribution in [-0.4, -0.2) is 31.2 Å². The molecular formula is C12H19N3O. The third-order valence-corrected chi connectivity index (χ3v) is 3.72. The molecule has 2 aliphatic rings. The Labute approximate surface area is 96.0 Å². The Balaban J connectivity index is 1.80. The first kappa shape index (κ1) is 10.1. The molecule has 1 aliphatic heterocycles. The number of oxazole rings is 1. The van der Waals surface area contributed by atoms with E-state index >= 15 is 0 Å². The highest BCUT2D eigenvalue weighted by Gasteiger charge is 2.25. The average molecular weight is 221 g/mol. The number of likely N-dealkylation sites (N-methyl/N-ethyl adjacent to an activating group) is 1. The highest BCUT2D eigenvalue weighted by molar-refractivity contribution is 5.32. The molecule has 1 aliphatic carbocycles. The van der Waals surface area contributed by atoms with Crippen molar-refractivity contribution in [2.45, 2.75) is 38.1 Å². The Morgan fingerprint density at radius 1 is 1.38 bits per heavy atom. The number of aryl methyl sites for hydroxylation is 2. The van der Waals surface area contributed by atoms with E-state index in [1.165, 1.54) is 25.0 Å². The summed E-state index contributed by atoms with van der Waals surface area (Å²) in [5.41, 5.74) is 1.19. The second-order valence-electron chi connectivity index (χ2n) is 4.83. The van der Waals surface area contributed by atoms with Gasteiger partial charge in [-0.1, -0.05) is 0 Å². The molecule has 0 amide bonds. The second-order valence-corrected chi connectivity index (χ2v) is 4.83. The number of nitrogens with zero attached hydrogens (tertiary/aromatic N) is 2. The first-order valence-corrected chi connectivity index (χ1v) is 6.27. The first-order chi connectivity index (χ1) is 7.84. The van der Waals surface area contributed by atoms with Gasteiger partial charge in [0.1, 0.15) is 5.76 Å². The lowest BCUT2D eigenvalue weighted by Gasteiger charge is -2.21. The lowest BCUT2D eigenvalue weighted by atomic mass is 10.0. The standard InChI is InChI=1S/C12H19N3O/c1-15(9-6-7-13-8-9)12-14-10-4-2-3-5-11(10)16-12/h9,13H,2-8H2,1H3. The molecule has 16 heavy (non-hydrogen) atoms. The Morgan fingerprint density at radius 3 is 3.00 bits per heavy atom. The maximum absolute atomic E-state index is 5.87. The van der Waals surface area contributed by atoms with Crippen LogP contribution in [0.15, 0.2) is 4.42 Å². The normalized spacial score (nSPS) is 24.4. The Bertz CT molecular complexity index is 345. The molecule has 1 aromatic rings. The van der Waals surface area contributed by atoms with Crippen molar-refractivity contribution in [1.29, 1.82) is 0 Å². The van der Waals surface area contributed by atoms with Crippen LogP contribution in [0.25, 0.3) is 0 Å². The number of rotatable bonds is 2. The topological polar surface area (TPSA) is 41.3 Å². The zero-order chi connectivity index (χ0) is 11.0. The highest BCUT2D eigenvalue weighted by atomic mass is 16.4. The monoisotopic (exact) mass is 221 g/mol. The molecule has 1 atom stereocenters. The van der Waals surface area contributed by atoms with Gasteiger partial charge < -0.3 is 14.6 Å². The number of hydrogen-bond donors (Lipinski definition) is 1. The van der Waals surface area contributed by atoms with E-state index in [-0.39, 0.29) is 0 Å². The molecule has 88 valence electrons. The molecule has 0 spiro atoms. The molecule has 1 N–H and O–H groups in total. The van der Waals surface area contributed by atoms with Crippen molar-refractivity contribution in [3.05, 3.63) is 11.5 Å². The van der Waals surface area contributed by atoms with Crippen molar-refractivity contribution in [2.24, 2.45) is 0 Å². The quantitative estimate of drug-likeness (QED) is 0.818. The summed E-state index contributed by atoms with van der Waals surface area (Å²) in [6.07, 6.45) is 5.85. The fourth-order valence-electron chi connectivity index (χ4n) is 2.62. The smallest absolute Gasteiger partial charge is 0.297 e. The van der Waals surface area contributed by atoms with Gasteiger partial charge in [-0.25, -0.2) is 0 Å². The first-order valence-electron chi connectivity index (χ1n) is 6.27. The van der Waals surface area contributed by atoms with E-state index in [1.807, 2.05) is 0 Å². The van der Waals surface area contributed by atoms with Crippen LogP contribution in [0.4, 0.5) is 6.01 Å². The van der Waals surface area contributed by atoms with Gasteiger partial charge in [0.05, 0.1) is 5.69 Å². The molecule has 2 heterocycles. The van der Waals surface area contributed by atoms with E-state index in [2.05, 4.69) is 22.2 Å². The fraction of sp³-hybridized carbons (Fsp3) is 0.750. The number of hydrogen-bond acceptors (Lipinski definition) is 4. The largest absolute Gasteiger partial charge is 0.428 e. The van der Waals surface area contributed by atoms with Crippen LogP contribution >= 0.6 is 0 Å². The third-order valence-electron chi connectivity index (χ3n) is 3.72. The van der Waals surface area contributed by atoms with Gasteiger partial charge in [-0.05, 0) is 32.2 Å². The molecule has 0 aromatic carbocycles. The molecule has 1 aromatic heterocycles. The number of anilines is 1. The summed E-state index contributed by atoms with van der Waals surface area (Å²) < 4.78 is 5.87. The SMILES string of the molecule is CN(c1nc2c(o1)CCCC2)C1CCNC1. The molecular weight excluding hydrogens is 202 g/mol. The second kappa shape index (κ2) is 4.09. The average Bonchev–Trinajstić information content (AvgIpc) is 2.97. The molecule has 0 radical (unpaired) electrons. The van der Waals surface area contributed by atoms with Crippen LogP contribution in [0.1, 0.15) is 30.7 Å². The van der Waals surface area contributed by atoms with Gasteiger partial charge in [-0.15, -0.1) is 0 Å². The van der Waals surface area contributed by atoms with Gasteiger partial charge in [0.25, 0.3) is 6.01 Å². The predicted octanol–water partition coefficient (Wildman–Crippen LogP) is 1.35. The molecule has 1 unspecified atom stereocenters. The van der Waals surface area contributed by atoms with Crippen molar-refractivity contribution < 1.29 is 4.42 Å². The van der Waals surface area contributed by atoms with Crippen molar-refractivity contribution >= 4 is 6.01 Å². The van der Waals surface area contributed by atoms with Crippen molar-refractivity contribution in [1.82, 2.24) is 10.3 Å². The zero-order valence-electron chi connectivity index (χ0n) is 9.83. The summed E-state index contributed by atoms with van der Waals surface area (Å²) in [4.78, 5) is 6.82. The number of aromatic nitrogens is 1. The van der Waals surface area contributed by atoms with Crippen molar-refractivity contribution in [3.8, 4) is 0 Å². The maximum Gasteiger partial charge on any atom is 0.297 e. The molecule has 0 bridgehead atoms. The van der Waals surface area contributed by atoms with Crippen molar-refractivity contribution in [2.75, 3.05) is 25.0 Å². The Hall–Kier alpha value is -1.03. The van der Waals surface area contributed by atoms with Crippen LogP contribution in [0.5, 0.6) is 0 Å². The Kier molecular flexibility index (Phi) is 2.59. The van der Waals surface area contributed by atoms with E-state index in [0.29, 0.717) is 6.04 Å². The number of fused-ring (bicyclic) bond motifs is 1. The molecule has 0 saturated carbocycles. The molecule has 4 nitrogen and oxygen atoms in total. The van der Waals surface area contributed by atoms with Crippen LogP contribution in [-0.2, 0) is 12.8 Å². The van der Waals surface area contributed by atoms with Gasteiger partial charge >= 0.3 is 0 Å². The van der Waals surface area contributed by atoms with Gasteiger partial charge in [0.2, 0.25) is 0 Å². The van der Waals surface area contributed by atoms with E-state index in [1.54, 1.807) is 0 Å². The predicted molar refractivity (Wildman–Crippen MR) is 62.8 cm³/mol. The van der Waals surface area contributed by atoms with Crippen molar-refractivity contribution in [3.63, 3.8) is 0 Å². The highest BCUT2D eigenvalue weighted by Crippen LogP contribution is 2.26. The molecule has 4 heteroatoms.